The molecule has 0 aliphatic carbocycles. The average Bonchev–Trinajstić information content (AvgIpc) is 3.35. The summed E-state index contributed by atoms with van der Waals surface area (Å²) in [6, 6.07) is 9.59. The Morgan fingerprint density at radius 2 is 1.88 bits per heavy atom. The van der Waals surface area contributed by atoms with Crippen molar-refractivity contribution >= 4 is 21.8 Å². The molecule has 1 amide bonds. The highest BCUT2D eigenvalue weighted by atomic mass is 79.9. The summed E-state index contributed by atoms with van der Waals surface area (Å²) < 4.78 is 28.6. The first-order chi connectivity index (χ1) is 16.6. The van der Waals surface area contributed by atoms with Crippen LogP contribution in [-0.4, -0.2) is 62.6 Å². The molecule has 3 heterocycles. The fraction of sp³-hybridized carbons (Fsp3) is 0.520. The molecule has 2 aromatic rings. The lowest BCUT2D eigenvalue weighted by atomic mass is 9.93. The summed E-state index contributed by atoms with van der Waals surface area (Å²) in [5, 5.41) is 0. The van der Waals surface area contributed by atoms with Crippen molar-refractivity contribution in [2.24, 2.45) is 0 Å². The normalized spacial score (nSPS) is 18.5. The first-order valence-corrected chi connectivity index (χ1v) is 12.2. The number of aromatic nitrogens is 1. The Balaban J connectivity index is 0.000000970. The zero-order valence-corrected chi connectivity index (χ0v) is 21.9. The molecule has 1 aromatic heterocycles. The van der Waals surface area contributed by atoms with Crippen LogP contribution in [0.2, 0.25) is 0 Å². The van der Waals surface area contributed by atoms with Gasteiger partial charge in [0.25, 0.3) is 5.91 Å². The molecule has 0 bridgehead atoms. The van der Waals surface area contributed by atoms with Gasteiger partial charge in [0, 0.05) is 39.6 Å². The van der Waals surface area contributed by atoms with E-state index in [1.165, 1.54) is 0 Å². The maximum Gasteiger partial charge on any atom is 0.274 e. The number of amides is 1. The van der Waals surface area contributed by atoms with Gasteiger partial charge in [0.2, 0.25) is 5.43 Å². The minimum atomic E-state index is -0.405. The molecule has 1 saturated heterocycles. The minimum Gasteiger partial charge on any atom is -0.483 e. The van der Waals surface area contributed by atoms with Crippen LogP contribution in [0, 0.1) is 0 Å². The predicted molar refractivity (Wildman–Crippen MR) is 133 cm³/mol. The van der Waals surface area contributed by atoms with Gasteiger partial charge in [0.1, 0.15) is 6.61 Å². The monoisotopic (exact) mass is 540 g/mol. The van der Waals surface area contributed by atoms with Crippen LogP contribution in [0.1, 0.15) is 42.7 Å². The molecule has 34 heavy (non-hydrogen) atoms. The van der Waals surface area contributed by atoms with Crippen LogP contribution < -0.4 is 10.2 Å². The highest BCUT2D eigenvalue weighted by molar-refractivity contribution is 9.10. The molecule has 0 radical (unpaired) electrons. The van der Waals surface area contributed by atoms with Crippen molar-refractivity contribution in [3.8, 4) is 5.75 Å². The summed E-state index contributed by atoms with van der Waals surface area (Å²) in [7, 11) is 2.15. The molecule has 1 spiro atoms. The number of halogens is 2. The fourth-order valence-electron chi connectivity index (χ4n) is 4.14. The smallest absolute Gasteiger partial charge is 0.274 e. The summed E-state index contributed by atoms with van der Waals surface area (Å²) in [6.45, 7) is 6.97. The number of nitrogens with zero attached hydrogens (tertiary/aromatic N) is 2. The van der Waals surface area contributed by atoms with Gasteiger partial charge < -0.3 is 23.7 Å². The van der Waals surface area contributed by atoms with E-state index in [0.717, 1.165) is 18.4 Å². The first-order valence-electron chi connectivity index (χ1n) is 11.4. The number of rotatable bonds is 7. The highest BCUT2D eigenvalue weighted by Crippen LogP contribution is 2.37. The van der Waals surface area contributed by atoms with Gasteiger partial charge in [-0.15, -0.1) is 0 Å². The third-order valence-corrected chi connectivity index (χ3v) is 6.26. The fourth-order valence-corrected chi connectivity index (χ4v) is 4.53. The third-order valence-electron chi connectivity index (χ3n) is 5.69. The molecule has 188 valence electrons. The van der Waals surface area contributed by atoms with Crippen LogP contribution in [0.15, 0.2) is 45.8 Å². The van der Waals surface area contributed by atoms with E-state index < -0.39 is 5.54 Å². The number of pyridine rings is 1. The summed E-state index contributed by atoms with van der Waals surface area (Å²) in [6.07, 6.45) is 3.20. The second-order valence-electron chi connectivity index (χ2n) is 7.73. The van der Waals surface area contributed by atoms with Crippen molar-refractivity contribution in [2.45, 2.75) is 38.8 Å². The molecule has 0 N–H and O–H groups in total. The van der Waals surface area contributed by atoms with Gasteiger partial charge >= 0.3 is 0 Å². The maximum absolute atomic E-state index is 13.4. The minimum absolute atomic E-state index is 0.0842. The number of fused-ring (bicyclic) bond motifs is 2. The SMILES string of the molecule is CC.CF.COCCCN1CC2(CCOC2)n2cc(Br)c(=O)c(OCc3ccccc3)c2C1=O. The van der Waals surface area contributed by atoms with Crippen LogP contribution in [0.25, 0.3) is 0 Å². The van der Waals surface area contributed by atoms with E-state index in [1.807, 2.05) is 48.7 Å². The van der Waals surface area contributed by atoms with E-state index >= 15 is 0 Å². The lowest BCUT2D eigenvalue weighted by Crippen LogP contribution is -2.55. The zero-order chi connectivity index (χ0) is 25.1. The van der Waals surface area contributed by atoms with Gasteiger partial charge in [0.15, 0.2) is 11.4 Å². The van der Waals surface area contributed by atoms with Crippen molar-refractivity contribution in [1.29, 1.82) is 0 Å². The molecular weight excluding hydrogens is 507 g/mol. The molecule has 0 saturated carbocycles. The number of hydrogen-bond donors (Lipinski definition) is 0. The van der Waals surface area contributed by atoms with Crippen molar-refractivity contribution in [2.75, 3.05) is 47.2 Å². The van der Waals surface area contributed by atoms with Crippen LogP contribution in [-0.2, 0) is 21.6 Å². The molecule has 2 aliphatic heterocycles. The maximum atomic E-state index is 13.4. The molecule has 1 fully saturated rings. The van der Waals surface area contributed by atoms with Gasteiger partial charge in [0.05, 0.1) is 23.8 Å². The zero-order valence-electron chi connectivity index (χ0n) is 20.3. The molecule has 2 aliphatic rings. The third kappa shape index (κ3) is 6.06. The summed E-state index contributed by atoms with van der Waals surface area (Å²) >= 11 is 3.37. The lowest BCUT2D eigenvalue weighted by Gasteiger charge is -2.43. The number of carbonyl (C=O) groups is 1. The summed E-state index contributed by atoms with van der Waals surface area (Å²) in [5.74, 6) is -0.114. The molecule has 4 rings (SSSR count). The van der Waals surface area contributed by atoms with E-state index in [9.17, 15) is 14.0 Å². The van der Waals surface area contributed by atoms with Crippen LogP contribution in [0.3, 0.4) is 0 Å². The van der Waals surface area contributed by atoms with E-state index in [2.05, 4.69) is 15.9 Å². The Bertz CT molecular complexity index is 977. The van der Waals surface area contributed by atoms with Crippen LogP contribution in [0.5, 0.6) is 5.75 Å². The van der Waals surface area contributed by atoms with Crippen LogP contribution >= 0.6 is 15.9 Å². The average molecular weight is 541 g/mol. The van der Waals surface area contributed by atoms with Crippen molar-refractivity contribution in [3.05, 3.63) is 62.5 Å². The van der Waals surface area contributed by atoms with Gasteiger partial charge in [-0.3, -0.25) is 14.0 Å². The molecule has 1 atom stereocenters. The quantitative estimate of drug-likeness (QED) is 0.486. The van der Waals surface area contributed by atoms with Crippen LogP contribution in [0.4, 0.5) is 4.39 Å². The Kier molecular flexibility index (Phi) is 11.2. The Morgan fingerprint density at radius 1 is 1.18 bits per heavy atom. The lowest BCUT2D eigenvalue weighted by molar-refractivity contribution is 0.0471. The number of hydrogen-bond acceptors (Lipinski definition) is 5. The summed E-state index contributed by atoms with van der Waals surface area (Å²) in [5.41, 5.74) is 0.499. The molecule has 7 nitrogen and oxygen atoms in total. The highest BCUT2D eigenvalue weighted by Gasteiger charge is 2.47. The topological polar surface area (TPSA) is 70.0 Å². The number of methoxy groups -OCH3 is 1. The standard InChI is InChI=1S/C22H25BrN2O5.C2H6.CH3F/c1-28-10-5-9-24-14-22(8-11-29-15-22)25-12-17(23)19(26)20(18(25)21(24)27)30-13-16-6-3-2-4-7-16;2*1-2/h2-4,6-7,12H,5,8-11,13-15H2,1H3;1-2H3;1H3. The first kappa shape index (κ1) is 28.0. The number of carbonyl (C=O) groups excluding carboxylic acids is 1. The largest absolute Gasteiger partial charge is 0.483 e. The number of ether oxygens (including phenoxy) is 3. The number of benzene rings is 1. The molecule has 1 unspecified atom stereocenters. The Hall–Kier alpha value is -2.23. The molecule has 1 aromatic carbocycles. The Labute approximate surface area is 208 Å². The van der Waals surface area contributed by atoms with Crippen molar-refractivity contribution in [3.63, 3.8) is 0 Å². The van der Waals surface area contributed by atoms with Gasteiger partial charge in [-0.05, 0) is 34.3 Å². The van der Waals surface area contributed by atoms with Gasteiger partial charge in [-0.2, -0.15) is 0 Å². The van der Waals surface area contributed by atoms with Gasteiger partial charge in [-0.1, -0.05) is 44.2 Å². The summed E-state index contributed by atoms with van der Waals surface area (Å²) in [4.78, 5) is 28.2. The molecular formula is C25H34BrFN2O5. The van der Waals surface area contributed by atoms with Crippen molar-refractivity contribution in [1.82, 2.24) is 9.47 Å². The van der Waals surface area contributed by atoms with Gasteiger partial charge in [-0.25, -0.2) is 0 Å². The van der Waals surface area contributed by atoms with Crippen molar-refractivity contribution < 1.29 is 23.4 Å². The Morgan fingerprint density at radius 3 is 2.50 bits per heavy atom. The van der Waals surface area contributed by atoms with E-state index in [1.54, 1.807) is 18.2 Å². The van der Waals surface area contributed by atoms with E-state index in [4.69, 9.17) is 14.2 Å². The second kappa shape index (κ2) is 13.6. The predicted octanol–water partition coefficient (Wildman–Crippen LogP) is 4.41. The van der Waals surface area contributed by atoms with E-state index in [0.29, 0.717) is 50.3 Å². The second-order valence-corrected chi connectivity index (χ2v) is 8.58. The number of alkyl halides is 1. The van der Waals surface area contributed by atoms with E-state index in [-0.39, 0.29) is 23.7 Å². The molecule has 9 heteroatoms.